The van der Waals surface area contributed by atoms with Gasteiger partial charge in [0, 0.05) is 43.5 Å². The SMILES string of the molecule is CC(C)C(=O)N1CCC[C@H](c2cc(=O)[nH]c(C3CCN(CC4CCCCC4)CC3)n2)C1. The van der Waals surface area contributed by atoms with Crippen molar-refractivity contribution >= 4 is 5.91 Å². The zero-order chi connectivity index (χ0) is 21.8. The third-order valence-corrected chi connectivity index (χ3v) is 7.64. The fourth-order valence-electron chi connectivity index (χ4n) is 5.81. The van der Waals surface area contributed by atoms with E-state index < -0.39 is 0 Å². The molecule has 1 saturated carbocycles. The summed E-state index contributed by atoms with van der Waals surface area (Å²) in [4.78, 5) is 37.5. The van der Waals surface area contributed by atoms with Crippen LogP contribution in [0.4, 0.5) is 0 Å². The van der Waals surface area contributed by atoms with Crippen LogP contribution in [0.5, 0.6) is 0 Å². The summed E-state index contributed by atoms with van der Waals surface area (Å²) in [6.07, 6.45) is 11.1. The van der Waals surface area contributed by atoms with Crippen molar-refractivity contribution in [3.05, 3.63) is 27.9 Å². The van der Waals surface area contributed by atoms with E-state index in [1.165, 1.54) is 38.6 Å². The molecule has 172 valence electrons. The van der Waals surface area contributed by atoms with Crippen LogP contribution in [-0.2, 0) is 4.79 Å². The van der Waals surface area contributed by atoms with Gasteiger partial charge in [0.05, 0.1) is 5.69 Å². The number of amides is 1. The Balaban J connectivity index is 1.38. The maximum absolute atomic E-state index is 12.5. The second-order valence-electron chi connectivity index (χ2n) is 10.4. The Morgan fingerprint density at radius 1 is 1.03 bits per heavy atom. The summed E-state index contributed by atoms with van der Waals surface area (Å²) in [5.41, 5.74) is 0.835. The Morgan fingerprint density at radius 2 is 1.77 bits per heavy atom. The first-order chi connectivity index (χ1) is 15.0. The first-order valence-corrected chi connectivity index (χ1v) is 12.6. The molecule has 31 heavy (non-hydrogen) atoms. The molecule has 0 spiro atoms. The highest BCUT2D eigenvalue weighted by molar-refractivity contribution is 5.78. The van der Waals surface area contributed by atoms with Crippen LogP contribution in [0, 0.1) is 11.8 Å². The molecule has 0 unspecified atom stereocenters. The highest BCUT2D eigenvalue weighted by atomic mass is 16.2. The summed E-state index contributed by atoms with van der Waals surface area (Å²) in [5, 5.41) is 0. The van der Waals surface area contributed by atoms with Gasteiger partial charge in [-0.3, -0.25) is 9.59 Å². The number of likely N-dealkylation sites (tertiary alicyclic amines) is 2. The molecule has 2 aliphatic heterocycles. The van der Waals surface area contributed by atoms with Crippen LogP contribution in [0.3, 0.4) is 0 Å². The first kappa shape index (κ1) is 22.5. The quantitative estimate of drug-likeness (QED) is 0.772. The molecule has 0 aromatic carbocycles. The van der Waals surface area contributed by atoms with E-state index in [0.717, 1.165) is 62.8 Å². The summed E-state index contributed by atoms with van der Waals surface area (Å²) >= 11 is 0. The van der Waals surface area contributed by atoms with Crippen LogP contribution in [0.2, 0.25) is 0 Å². The molecule has 3 fully saturated rings. The molecule has 0 radical (unpaired) electrons. The first-order valence-electron chi connectivity index (χ1n) is 12.6. The van der Waals surface area contributed by atoms with Gasteiger partial charge in [-0.05, 0) is 57.5 Å². The Labute approximate surface area is 186 Å². The molecule has 1 N–H and O–H groups in total. The third kappa shape index (κ3) is 5.76. The fourth-order valence-corrected chi connectivity index (χ4v) is 5.81. The lowest BCUT2D eigenvalue weighted by Crippen LogP contribution is -2.41. The van der Waals surface area contributed by atoms with Gasteiger partial charge >= 0.3 is 0 Å². The molecule has 1 amide bonds. The monoisotopic (exact) mass is 428 g/mol. The van der Waals surface area contributed by atoms with E-state index >= 15 is 0 Å². The van der Waals surface area contributed by atoms with Crippen molar-refractivity contribution < 1.29 is 4.79 Å². The lowest BCUT2D eigenvalue weighted by atomic mass is 9.87. The standard InChI is InChI=1S/C25H40N4O2/c1-18(2)25(31)29-12-6-9-21(17-29)22-15-23(30)27-24(26-22)20-10-13-28(14-11-20)16-19-7-4-3-5-8-19/h15,18-21H,3-14,16-17H2,1-2H3,(H,26,27,30)/t21-/m0/s1. The number of nitrogens with one attached hydrogen (secondary N) is 1. The Hall–Kier alpha value is -1.69. The van der Waals surface area contributed by atoms with Crippen molar-refractivity contribution in [2.24, 2.45) is 11.8 Å². The maximum atomic E-state index is 12.5. The molecule has 1 aliphatic carbocycles. The van der Waals surface area contributed by atoms with Crippen molar-refractivity contribution in [1.29, 1.82) is 0 Å². The van der Waals surface area contributed by atoms with Crippen molar-refractivity contribution in [2.75, 3.05) is 32.7 Å². The van der Waals surface area contributed by atoms with Crippen LogP contribution < -0.4 is 5.56 Å². The van der Waals surface area contributed by atoms with E-state index in [1.807, 2.05) is 18.7 Å². The molecular weight excluding hydrogens is 388 g/mol. The van der Waals surface area contributed by atoms with E-state index in [2.05, 4.69) is 9.88 Å². The predicted octanol–water partition coefficient (Wildman–Crippen LogP) is 3.89. The van der Waals surface area contributed by atoms with Gasteiger partial charge in [0.2, 0.25) is 5.91 Å². The second-order valence-corrected chi connectivity index (χ2v) is 10.4. The predicted molar refractivity (Wildman–Crippen MR) is 123 cm³/mol. The largest absolute Gasteiger partial charge is 0.342 e. The molecular formula is C25H40N4O2. The molecule has 1 atom stereocenters. The number of rotatable bonds is 5. The lowest BCUT2D eigenvalue weighted by Gasteiger charge is -2.35. The second kappa shape index (κ2) is 10.3. The summed E-state index contributed by atoms with van der Waals surface area (Å²) < 4.78 is 0. The number of piperidine rings is 2. The van der Waals surface area contributed by atoms with Crippen LogP contribution in [0.25, 0.3) is 0 Å². The highest BCUT2D eigenvalue weighted by Crippen LogP contribution is 2.31. The zero-order valence-corrected chi connectivity index (χ0v) is 19.4. The van der Waals surface area contributed by atoms with Crippen LogP contribution in [0.15, 0.2) is 10.9 Å². The molecule has 3 aliphatic rings. The lowest BCUT2D eigenvalue weighted by molar-refractivity contribution is -0.135. The van der Waals surface area contributed by atoms with E-state index in [0.29, 0.717) is 12.5 Å². The Morgan fingerprint density at radius 3 is 2.48 bits per heavy atom. The fraction of sp³-hybridized carbons (Fsp3) is 0.800. The number of hydrogen-bond donors (Lipinski definition) is 1. The number of aromatic amines is 1. The third-order valence-electron chi connectivity index (χ3n) is 7.64. The Kier molecular flexibility index (Phi) is 7.47. The number of hydrogen-bond acceptors (Lipinski definition) is 4. The van der Waals surface area contributed by atoms with Gasteiger partial charge in [-0.15, -0.1) is 0 Å². The van der Waals surface area contributed by atoms with Crippen LogP contribution >= 0.6 is 0 Å². The molecule has 0 bridgehead atoms. The summed E-state index contributed by atoms with van der Waals surface area (Å²) in [5.74, 6) is 2.48. The number of H-pyrrole nitrogens is 1. The summed E-state index contributed by atoms with van der Waals surface area (Å²) in [6.45, 7) is 8.88. The number of nitrogens with zero attached hydrogens (tertiary/aromatic N) is 3. The number of aromatic nitrogens is 2. The minimum Gasteiger partial charge on any atom is -0.342 e. The average Bonchev–Trinajstić information content (AvgIpc) is 2.79. The van der Waals surface area contributed by atoms with Gasteiger partial charge in [0.1, 0.15) is 5.82 Å². The van der Waals surface area contributed by atoms with Gasteiger partial charge in [-0.1, -0.05) is 33.1 Å². The van der Waals surface area contributed by atoms with Crippen LogP contribution in [0.1, 0.15) is 95.0 Å². The molecule has 4 rings (SSSR count). The molecule has 1 aromatic heterocycles. The summed E-state index contributed by atoms with van der Waals surface area (Å²) in [7, 11) is 0. The van der Waals surface area contributed by atoms with Crippen molar-refractivity contribution in [1.82, 2.24) is 19.8 Å². The van der Waals surface area contributed by atoms with E-state index in [1.54, 1.807) is 6.07 Å². The van der Waals surface area contributed by atoms with Crippen molar-refractivity contribution in [2.45, 2.75) is 83.5 Å². The van der Waals surface area contributed by atoms with Gasteiger partial charge in [0.15, 0.2) is 0 Å². The summed E-state index contributed by atoms with van der Waals surface area (Å²) in [6, 6.07) is 1.66. The smallest absolute Gasteiger partial charge is 0.251 e. The topological polar surface area (TPSA) is 69.3 Å². The normalized spacial score (nSPS) is 24.6. The minimum absolute atomic E-state index is 0.0141. The van der Waals surface area contributed by atoms with Gasteiger partial charge in [-0.2, -0.15) is 0 Å². The molecule has 3 heterocycles. The maximum Gasteiger partial charge on any atom is 0.251 e. The van der Waals surface area contributed by atoms with E-state index in [9.17, 15) is 9.59 Å². The molecule has 1 aromatic rings. The van der Waals surface area contributed by atoms with Crippen molar-refractivity contribution in [3.8, 4) is 0 Å². The minimum atomic E-state index is -0.0445. The Bertz CT molecular complexity index is 791. The van der Waals surface area contributed by atoms with Crippen LogP contribution in [-0.4, -0.2) is 58.4 Å². The number of carbonyl (C=O) groups excluding carboxylic acids is 1. The van der Waals surface area contributed by atoms with Crippen molar-refractivity contribution in [3.63, 3.8) is 0 Å². The molecule has 6 nitrogen and oxygen atoms in total. The van der Waals surface area contributed by atoms with E-state index in [-0.39, 0.29) is 23.3 Å². The highest BCUT2D eigenvalue weighted by Gasteiger charge is 2.29. The van der Waals surface area contributed by atoms with Gasteiger partial charge < -0.3 is 14.8 Å². The molecule has 6 heteroatoms. The van der Waals surface area contributed by atoms with E-state index in [4.69, 9.17) is 4.98 Å². The molecule has 2 saturated heterocycles. The van der Waals surface area contributed by atoms with Gasteiger partial charge in [0.25, 0.3) is 5.56 Å². The van der Waals surface area contributed by atoms with Gasteiger partial charge in [-0.25, -0.2) is 4.98 Å². The average molecular weight is 429 g/mol. The number of carbonyl (C=O) groups is 1. The zero-order valence-electron chi connectivity index (χ0n) is 19.4.